The zero-order valence-corrected chi connectivity index (χ0v) is 11.4. The van der Waals surface area contributed by atoms with Crippen molar-refractivity contribution in [3.63, 3.8) is 0 Å². The SMILES string of the molecule is CCN(CC)C(=O)CN(C)C1CCC(O)CC1. The summed E-state index contributed by atoms with van der Waals surface area (Å²) in [6.45, 7) is 6.10. The van der Waals surface area contributed by atoms with Gasteiger partial charge in [0.1, 0.15) is 0 Å². The molecule has 0 atom stereocenters. The van der Waals surface area contributed by atoms with Crippen LogP contribution in [-0.2, 0) is 4.79 Å². The van der Waals surface area contributed by atoms with Crippen molar-refractivity contribution in [3.8, 4) is 0 Å². The van der Waals surface area contributed by atoms with E-state index in [1.165, 1.54) is 0 Å². The lowest BCUT2D eigenvalue weighted by atomic mass is 9.92. The zero-order chi connectivity index (χ0) is 12.8. The molecule has 1 fully saturated rings. The largest absolute Gasteiger partial charge is 0.393 e. The maximum Gasteiger partial charge on any atom is 0.236 e. The summed E-state index contributed by atoms with van der Waals surface area (Å²) in [5.74, 6) is 0.212. The second kappa shape index (κ2) is 6.97. The van der Waals surface area contributed by atoms with Crippen molar-refractivity contribution >= 4 is 5.91 Å². The summed E-state index contributed by atoms with van der Waals surface area (Å²) in [7, 11) is 2.02. The average molecular weight is 242 g/mol. The standard InChI is InChI=1S/C13H26N2O2/c1-4-15(5-2)13(17)10-14(3)11-6-8-12(16)9-7-11/h11-12,16H,4-10H2,1-3H3. The first-order chi connectivity index (χ1) is 8.08. The molecule has 0 radical (unpaired) electrons. The molecular formula is C13H26N2O2. The van der Waals surface area contributed by atoms with Crippen LogP contribution in [0.4, 0.5) is 0 Å². The molecule has 0 saturated heterocycles. The van der Waals surface area contributed by atoms with Gasteiger partial charge in [0.2, 0.25) is 5.91 Å². The number of hydrogen-bond donors (Lipinski definition) is 1. The van der Waals surface area contributed by atoms with Gasteiger partial charge in [-0.25, -0.2) is 0 Å². The third-order valence-corrected chi connectivity index (χ3v) is 3.79. The molecule has 17 heavy (non-hydrogen) atoms. The highest BCUT2D eigenvalue weighted by Gasteiger charge is 2.24. The van der Waals surface area contributed by atoms with E-state index in [1.807, 2.05) is 25.8 Å². The van der Waals surface area contributed by atoms with Crippen LogP contribution >= 0.6 is 0 Å². The van der Waals surface area contributed by atoms with E-state index in [0.717, 1.165) is 38.8 Å². The predicted octanol–water partition coefficient (Wildman–Crippen LogP) is 1.09. The van der Waals surface area contributed by atoms with Gasteiger partial charge in [-0.05, 0) is 46.6 Å². The first-order valence-corrected chi connectivity index (χ1v) is 6.74. The summed E-state index contributed by atoms with van der Waals surface area (Å²) < 4.78 is 0. The van der Waals surface area contributed by atoms with Gasteiger partial charge < -0.3 is 10.0 Å². The van der Waals surface area contributed by atoms with Crippen molar-refractivity contribution in [1.82, 2.24) is 9.80 Å². The van der Waals surface area contributed by atoms with E-state index in [4.69, 9.17) is 0 Å². The molecule has 1 aliphatic rings. The Balaban J connectivity index is 2.37. The summed E-state index contributed by atoms with van der Waals surface area (Å²) >= 11 is 0. The Morgan fingerprint density at radius 1 is 1.18 bits per heavy atom. The molecule has 0 aromatic rings. The van der Waals surface area contributed by atoms with Gasteiger partial charge in [0.15, 0.2) is 0 Å². The van der Waals surface area contributed by atoms with E-state index in [9.17, 15) is 9.90 Å². The maximum absolute atomic E-state index is 12.0. The first kappa shape index (κ1) is 14.5. The molecule has 1 aliphatic carbocycles. The lowest BCUT2D eigenvalue weighted by Gasteiger charge is -2.33. The first-order valence-electron chi connectivity index (χ1n) is 6.74. The Bertz CT molecular complexity index is 234. The molecule has 1 saturated carbocycles. The van der Waals surface area contributed by atoms with Crippen LogP contribution in [0, 0.1) is 0 Å². The smallest absolute Gasteiger partial charge is 0.236 e. The lowest BCUT2D eigenvalue weighted by molar-refractivity contribution is -0.132. The molecule has 100 valence electrons. The van der Waals surface area contributed by atoms with Gasteiger partial charge in [0, 0.05) is 19.1 Å². The van der Waals surface area contributed by atoms with Crippen LogP contribution in [0.3, 0.4) is 0 Å². The second-order valence-electron chi connectivity index (χ2n) is 4.94. The van der Waals surface area contributed by atoms with Crippen molar-refractivity contribution in [2.45, 2.75) is 51.7 Å². The Hall–Kier alpha value is -0.610. The van der Waals surface area contributed by atoms with Gasteiger partial charge in [0.05, 0.1) is 12.6 Å². The Morgan fingerprint density at radius 2 is 1.71 bits per heavy atom. The number of amides is 1. The van der Waals surface area contributed by atoms with Gasteiger partial charge in [-0.3, -0.25) is 9.69 Å². The highest BCUT2D eigenvalue weighted by Crippen LogP contribution is 2.22. The monoisotopic (exact) mass is 242 g/mol. The summed E-state index contributed by atoms with van der Waals surface area (Å²) in [4.78, 5) is 16.0. The van der Waals surface area contributed by atoms with Crippen LogP contribution in [0.5, 0.6) is 0 Å². The van der Waals surface area contributed by atoms with Crippen molar-refractivity contribution in [2.24, 2.45) is 0 Å². The number of nitrogens with zero attached hydrogens (tertiary/aromatic N) is 2. The maximum atomic E-state index is 12.0. The molecule has 0 unspecified atom stereocenters. The molecule has 1 N–H and O–H groups in total. The number of hydrogen-bond acceptors (Lipinski definition) is 3. The molecule has 1 amide bonds. The van der Waals surface area contributed by atoms with E-state index in [1.54, 1.807) is 0 Å². The molecule has 4 nitrogen and oxygen atoms in total. The number of rotatable bonds is 5. The zero-order valence-electron chi connectivity index (χ0n) is 11.4. The topological polar surface area (TPSA) is 43.8 Å². The van der Waals surface area contributed by atoms with E-state index in [2.05, 4.69) is 4.90 Å². The number of likely N-dealkylation sites (N-methyl/N-ethyl adjacent to an activating group) is 2. The Labute approximate surface area is 105 Å². The number of carbonyl (C=O) groups is 1. The highest BCUT2D eigenvalue weighted by atomic mass is 16.3. The summed E-state index contributed by atoms with van der Waals surface area (Å²) in [5, 5.41) is 9.46. The Morgan fingerprint density at radius 3 is 2.18 bits per heavy atom. The average Bonchev–Trinajstić information content (AvgIpc) is 2.31. The molecule has 4 heteroatoms. The van der Waals surface area contributed by atoms with Crippen LogP contribution < -0.4 is 0 Å². The molecule has 0 heterocycles. The quantitative estimate of drug-likeness (QED) is 0.785. The van der Waals surface area contributed by atoms with Gasteiger partial charge >= 0.3 is 0 Å². The van der Waals surface area contributed by atoms with Crippen molar-refractivity contribution in [3.05, 3.63) is 0 Å². The van der Waals surface area contributed by atoms with Gasteiger partial charge in [-0.15, -0.1) is 0 Å². The fourth-order valence-corrected chi connectivity index (χ4v) is 2.52. The van der Waals surface area contributed by atoms with Crippen LogP contribution in [0.25, 0.3) is 0 Å². The van der Waals surface area contributed by atoms with E-state index >= 15 is 0 Å². The van der Waals surface area contributed by atoms with Gasteiger partial charge in [-0.2, -0.15) is 0 Å². The van der Waals surface area contributed by atoms with Crippen molar-refractivity contribution in [1.29, 1.82) is 0 Å². The predicted molar refractivity (Wildman–Crippen MR) is 68.8 cm³/mol. The van der Waals surface area contributed by atoms with Gasteiger partial charge in [-0.1, -0.05) is 0 Å². The van der Waals surface area contributed by atoms with Crippen molar-refractivity contribution in [2.75, 3.05) is 26.7 Å². The van der Waals surface area contributed by atoms with E-state index in [0.29, 0.717) is 12.6 Å². The normalized spacial score (nSPS) is 25.0. The summed E-state index contributed by atoms with van der Waals surface area (Å²) in [6.07, 6.45) is 3.62. The van der Waals surface area contributed by atoms with Crippen LogP contribution in [0.1, 0.15) is 39.5 Å². The molecule has 0 aromatic carbocycles. The third kappa shape index (κ3) is 4.28. The second-order valence-corrected chi connectivity index (χ2v) is 4.94. The fourth-order valence-electron chi connectivity index (χ4n) is 2.52. The van der Waals surface area contributed by atoms with Crippen molar-refractivity contribution < 1.29 is 9.90 Å². The molecule has 0 spiro atoms. The number of carbonyl (C=O) groups excluding carboxylic acids is 1. The van der Waals surface area contributed by atoms with Gasteiger partial charge in [0.25, 0.3) is 0 Å². The third-order valence-electron chi connectivity index (χ3n) is 3.79. The number of aliphatic hydroxyl groups is 1. The van der Waals surface area contributed by atoms with Crippen LogP contribution in [0.2, 0.25) is 0 Å². The molecular weight excluding hydrogens is 216 g/mol. The van der Waals surface area contributed by atoms with Crippen LogP contribution in [-0.4, -0.2) is 59.6 Å². The molecule has 0 aliphatic heterocycles. The summed E-state index contributed by atoms with van der Waals surface area (Å²) in [6, 6.07) is 0.456. The highest BCUT2D eigenvalue weighted by molar-refractivity contribution is 5.78. The molecule has 0 aromatic heterocycles. The lowest BCUT2D eigenvalue weighted by Crippen LogP contribution is -2.44. The van der Waals surface area contributed by atoms with E-state index < -0.39 is 0 Å². The molecule has 0 bridgehead atoms. The number of aliphatic hydroxyl groups excluding tert-OH is 1. The Kier molecular flexibility index (Phi) is 5.92. The minimum atomic E-state index is -0.127. The minimum Gasteiger partial charge on any atom is -0.393 e. The van der Waals surface area contributed by atoms with E-state index in [-0.39, 0.29) is 12.0 Å². The summed E-state index contributed by atoms with van der Waals surface area (Å²) in [5.41, 5.74) is 0. The minimum absolute atomic E-state index is 0.127. The molecule has 1 rings (SSSR count). The fraction of sp³-hybridized carbons (Fsp3) is 0.923. The van der Waals surface area contributed by atoms with Crippen LogP contribution in [0.15, 0.2) is 0 Å².